The van der Waals surface area contributed by atoms with Crippen LogP contribution in [0.4, 0.5) is 11.4 Å². The van der Waals surface area contributed by atoms with Crippen LogP contribution in [0.5, 0.6) is 0 Å². The molecule has 0 unspecified atom stereocenters. The molecule has 0 aliphatic carbocycles. The number of piperidine rings is 1. The largest absolute Gasteiger partial charge is 0.371 e. The molecule has 2 aromatic carbocycles. The number of carbonyl (C=O) groups is 2. The number of nitrogens with zero attached hydrogens (tertiary/aromatic N) is 2. The van der Waals surface area contributed by atoms with E-state index < -0.39 is 0 Å². The van der Waals surface area contributed by atoms with Gasteiger partial charge in [0.2, 0.25) is 0 Å². The smallest absolute Gasteiger partial charge is 0.256 e. The van der Waals surface area contributed by atoms with Crippen molar-refractivity contribution in [1.29, 1.82) is 0 Å². The second kappa shape index (κ2) is 12.0. The maximum atomic E-state index is 13.4. The van der Waals surface area contributed by atoms with Gasteiger partial charge in [-0.2, -0.15) is 0 Å². The number of benzene rings is 2. The third-order valence-electron chi connectivity index (χ3n) is 7.11. The predicted molar refractivity (Wildman–Crippen MR) is 140 cm³/mol. The second-order valence-electron chi connectivity index (χ2n) is 9.74. The van der Waals surface area contributed by atoms with E-state index in [1.165, 1.54) is 37.7 Å². The van der Waals surface area contributed by atoms with E-state index in [1.807, 2.05) is 35.2 Å². The number of hydrogen-bond donors (Lipinski definition) is 1. The maximum absolute atomic E-state index is 13.4. The molecule has 0 atom stereocenters. The van der Waals surface area contributed by atoms with E-state index in [1.54, 1.807) is 0 Å². The van der Waals surface area contributed by atoms with E-state index in [4.69, 9.17) is 0 Å². The van der Waals surface area contributed by atoms with Gasteiger partial charge in [-0.05, 0) is 80.8 Å². The molecule has 2 saturated heterocycles. The molecule has 2 heterocycles. The number of unbranched alkanes of at least 4 members (excludes halogenated alkanes) is 3. The first-order valence-electron chi connectivity index (χ1n) is 13.2. The van der Waals surface area contributed by atoms with Crippen LogP contribution in [0.15, 0.2) is 42.5 Å². The zero-order valence-electron chi connectivity index (χ0n) is 20.7. The molecule has 2 aliphatic heterocycles. The summed E-state index contributed by atoms with van der Waals surface area (Å²) in [5.41, 5.74) is 4.31. The van der Waals surface area contributed by atoms with Crippen molar-refractivity contribution in [1.82, 2.24) is 4.90 Å². The van der Waals surface area contributed by atoms with Gasteiger partial charge in [0.15, 0.2) is 0 Å². The topological polar surface area (TPSA) is 52.7 Å². The van der Waals surface area contributed by atoms with Crippen LogP contribution in [0.2, 0.25) is 0 Å². The van der Waals surface area contributed by atoms with Crippen LogP contribution in [0.3, 0.4) is 0 Å². The molecule has 0 radical (unpaired) electrons. The second-order valence-corrected chi connectivity index (χ2v) is 9.74. The van der Waals surface area contributed by atoms with Crippen LogP contribution >= 0.6 is 0 Å². The number of anilines is 2. The summed E-state index contributed by atoms with van der Waals surface area (Å²) in [6.45, 7) is 5.83. The first kappa shape index (κ1) is 24.3. The summed E-state index contributed by atoms with van der Waals surface area (Å²) in [7, 11) is 0. The Morgan fingerprint density at radius 1 is 0.824 bits per heavy atom. The lowest BCUT2D eigenvalue weighted by Gasteiger charge is -2.31. The molecule has 2 fully saturated rings. The number of aryl methyl sites for hydroxylation is 1. The molecule has 5 nitrogen and oxygen atoms in total. The van der Waals surface area contributed by atoms with Crippen molar-refractivity contribution in [3.63, 3.8) is 0 Å². The highest BCUT2D eigenvalue weighted by molar-refractivity contribution is 6.06. The Morgan fingerprint density at radius 3 is 2.24 bits per heavy atom. The minimum absolute atomic E-state index is 0.0848. The van der Waals surface area contributed by atoms with Gasteiger partial charge in [-0.15, -0.1) is 0 Å². The zero-order chi connectivity index (χ0) is 23.8. The number of carbonyl (C=O) groups excluding carboxylic acids is 2. The summed E-state index contributed by atoms with van der Waals surface area (Å²) >= 11 is 0. The van der Waals surface area contributed by atoms with Gasteiger partial charge in [-0.3, -0.25) is 9.59 Å². The van der Waals surface area contributed by atoms with Crippen LogP contribution < -0.4 is 10.2 Å². The van der Waals surface area contributed by atoms with Crippen LogP contribution in [-0.4, -0.2) is 42.9 Å². The molecular weight excluding hydrogens is 422 g/mol. The fourth-order valence-electron chi connectivity index (χ4n) is 5.07. The molecule has 5 heteroatoms. The molecule has 0 bridgehead atoms. The average molecular weight is 462 g/mol. The van der Waals surface area contributed by atoms with Crippen molar-refractivity contribution >= 4 is 23.2 Å². The Labute approximate surface area is 204 Å². The average Bonchev–Trinajstić information content (AvgIpc) is 3.42. The molecule has 2 aliphatic rings. The lowest BCUT2D eigenvalue weighted by molar-refractivity contribution is 0.0793. The van der Waals surface area contributed by atoms with Crippen molar-refractivity contribution in [2.45, 2.75) is 71.1 Å². The molecular formula is C29H39N3O2. The number of nitrogens with one attached hydrogen (secondary N) is 1. The van der Waals surface area contributed by atoms with Crippen LogP contribution in [0.25, 0.3) is 0 Å². The van der Waals surface area contributed by atoms with Crippen LogP contribution in [0.1, 0.15) is 91.0 Å². The lowest BCUT2D eigenvalue weighted by atomic mass is 10.0. The van der Waals surface area contributed by atoms with Gasteiger partial charge in [0.1, 0.15) is 0 Å². The van der Waals surface area contributed by atoms with Crippen molar-refractivity contribution in [3.05, 3.63) is 59.2 Å². The third kappa shape index (κ3) is 6.19. The van der Waals surface area contributed by atoms with E-state index >= 15 is 0 Å². The normalized spacial score (nSPS) is 16.0. The fourth-order valence-corrected chi connectivity index (χ4v) is 5.07. The zero-order valence-corrected chi connectivity index (χ0v) is 20.7. The molecule has 182 valence electrons. The summed E-state index contributed by atoms with van der Waals surface area (Å²) in [4.78, 5) is 30.6. The molecule has 0 saturated carbocycles. The molecule has 1 N–H and O–H groups in total. The minimum atomic E-state index is -0.136. The molecule has 0 spiro atoms. The maximum Gasteiger partial charge on any atom is 0.256 e. The van der Waals surface area contributed by atoms with Crippen molar-refractivity contribution in [2.75, 3.05) is 36.4 Å². The van der Waals surface area contributed by atoms with Crippen LogP contribution in [0, 0.1) is 0 Å². The van der Waals surface area contributed by atoms with Gasteiger partial charge in [0.25, 0.3) is 11.8 Å². The summed E-state index contributed by atoms with van der Waals surface area (Å²) in [5.74, 6) is -0.0515. The summed E-state index contributed by atoms with van der Waals surface area (Å²) in [5, 5.41) is 3.03. The Balaban J connectivity index is 1.47. The van der Waals surface area contributed by atoms with Gasteiger partial charge in [-0.1, -0.05) is 38.3 Å². The number of hydrogen-bond acceptors (Lipinski definition) is 3. The van der Waals surface area contributed by atoms with Gasteiger partial charge >= 0.3 is 0 Å². The lowest BCUT2D eigenvalue weighted by Crippen LogP contribution is -2.34. The van der Waals surface area contributed by atoms with Crippen molar-refractivity contribution in [3.8, 4) is 0 Å². The Morgan fingerprint density at radius 2 is 1.53 bits per heavy atom. The fraction of sp³-hybridized carbons (Fsp3) is 0.517. The Kier molecular flexibility index (Phi) is 8.62. The standard InChI is InChI=1S/C29H39N3O2/c1-2-3-4-6-11-23-12-14-24(15-13-23)28(33)30-25-16-17-27(31-18-7-5-8-19-31)26(22-25)29(34)32-20-9-10-21-32/h12-17,22H,2-11,18-21H2,1H3,(H,30,33). The van der Waals surface area contributed by atoms with Gasteiger partial charge in [-0.25, -0.2) is 0 Å². The number of likely N-dealkylation sites (tertiary alicyclic amines) is 1. The quantitative estimate of drug-likeness (QED) is 0.447. The van der Waals surface area contributed by atoms with E-state index in [0.29, 0.717) is 16.8 Å². The van der Waals surface area contributed by atoms with Gasteiger partial charge in [0, 0.05) is 43.1 Å². The highest BCUT2D eigenvalue weighted by Crippen LogP contribution is 2.29. The number of rotatable bonds is 9. The monoisotopic (exact) mass is 461 g/mol. The first-order valence-corrected chi connectivity index (χ1v) is 13.2. The highest BCUT2D eigenvalue weighted by Gasteiger charge is 2.25. The minimum Gasteiger partial charge on any atom is -0.371 e. The molecule has 2 amide bonds. The van der Waals surface area contributed by atoms with Gasteiger partial charge in [0.05, 0.1) is 5.56 Å². The van der Waals surface area contributed by atoms with E-state index in [0.717, 1.165) is 64.0 Å². The predicted octanol–water partition coefficient (Wildman–Crippen LogP) is 6.29. The molecule has 34 heavy (non-hydrogen) atoms. The SMILES string of the molecule is CCCCCCc1ccc(C(=O)Nc2ccc(N3CCCCC3)c(C(=O)N3CCCC3)c2)cc1. The summed E-state index contributed by atoms with van der Waals surface area (Å²) in [6.07, 6.45) is 11.7. The van der Waals surface area contributed by atoms with Crippen LogP contribution in [-0.2, 0) is 6.42 Å². The van der Waals surface area contributed by atoms with E-state index in [2.05, 4.69) is 29.3 Å². The number of amides is 2. The molecule has 4 rings (SSSR count). The van der Waals surface area contributed by atoms with Gasteiger partial charge < -0.3 is 15.1 Å². The molecule has 2 aromatic rings. The first-order chi connectivity index (χ1) is 16.7. The summed E-state index contributed by atoms with van der Waals surface area (Å²) < 4.78 is 0. The third-order valence-corrected chi connectivity index (χ3v) is 7.11. The summed E-state index contributed by atoms with van der Waals surface area (Å²) in [6, 6.07) is 13.8. The van der Waals surface area contributed by atoms with Crippen molar-refractivity contribution in [2.24, 2.45) is 0 Å². The van der Waals surface area contributed by atoms with E-state index in [-0.39, 0.29) is 11.8 Å². The van der Waals surface area contributed by atoms with E-state index in [9.17, 15) is 9.59 Å². The molecule has 0 aromatic heterocycles. The highest BCUT2D eigenvalue weighted by atomic mass is 16.2. The Hall–Kier alpha value is -2.82. The Bertz CT molecular complexity index is 958. The van der Waals surface area contributed by atoms with Crippen molar-refractivity contribution < 1.29 is 9.59 Å².